The van der Waals surface area contributed by atoms with Crippen molar-refractivity contribution in [1.29, 1.82) is 0 Å². The van der Waals surface area contributed by atoms with Crippen LogP contribution in [0.3, 0.4) is 0 Å². The summed E-state index contributed by atoms with van der Waals surface area (Å²) < 4.78 is 175. The van der Waals surface area contributed by atoms with E-state index < -0.39 is 110 Å². The molecule has 5 heterocycles. The molecule has 0 saturated heterocycles. The number of halogens is 1. The number of anilines is 4. The maximum atomic E-state index is 14.7. The van der Waals surface area contributed by atoms with Crippen molar-refractivity contribution in [2.24, 2.45) is 30.7 Å². The monoisotopic (exact) mass is 1140 g/mol. The second-order valence-corrected chi connectivity index (χ2v) is 23.4. The van der Waals surface area contributed by atoms with Crippen LogP contribution >= 0.6 is 11.6 Å². The third-order valence-electron chi connectivity index (χ3n) is 11.2. The largest absolute Gasteiger partial charge is 0.383 e. The number of benzene rings is 5. The summed E-state index contributed by atoms with van der Waals surface area (Å²) in [5.41, 5.74) is 10.0. The Balaban J connectivity index is 1.26. The van der Waals surface area contributed by atoms with Crippen LogP contribution in [0.1, 0.15) is 22.3 Å². The number of rotatable bonds is 9. The van der Waals surface area contributed by atoms with Crippen molar-refractivity contribution in [2.75, 3.05) is 15.8 Å². The molecule has 2 aliphatic heterocycles. The lowest BCUT2D eigenvalue weighted by atomic mass is 10.1. The molecule has 384 valence electrons. The standard InChI is InChI=1S/C41H29ClN14O14S5/c42-39-53-40(44)55-41(54-39)46-23-15-17(13-14-25(23)73(62,63)64)56-71(57,58)26-10-2-6-19-29(26)37-48-33(19)45-16-22-18(5-1-9-24(22)72(59,60)61)32(43)47-36-30-20(7-3-11-27(30)74(65,66)67)34(49-36)51-38-31-21(35(50-37)52-38)8-4-12-28(31)75(68,69)70/h1-15,49,56H,16H2,(H2,43,47)(H,59,60,61)(H,62,63,64)(H,65,66,67)(H,68,69,70)(H3,44,46,53,54,55)(H,45,48,50,51,52). The molecule has 12 N–H and O–H groups in total. The van der Waals surface area contributed by atoms with E-state index in [-0.39, 0.29) is 83.9 Å². The van der Waals surface area contributed by atoms with Crippen molar-refractivity contribution < 1.29 is 60.3 Å². The number of nitrogen functional groups attached to an aromatic ring is 1. The van der Waals surface area contributed by atoms with Crippen LogP contribution in [0.2, 0.25) is 5.28 Å². The smallest absolute Gasteiger partial charge is 0.296 e. The van der Waals surface area contributed by atoms with Gasteiger partial charge in [-0.1, -0.05) is 48.5 Å². The van der Waals surface area contributed by atoms with Gasteiger partial charge in [0, 0.05) is 38.2 Å². The topological polar surface area (TPSA) is 460 Å². The molecule has 34 heteroatoms. The zero-order valence-electron chi connectivity index (χ0n) is 36.9. The summed E-state index contributed by atoms with van der Waals surface area (Å²) in [5, 5.41) is 1.47. The number of aliphatic imine (C=N–C) groups is 3. The highest BCUT2D eigenvalue weighted by Gasteiger charge is 2.32. The van der Waals surface area contributed by atoms with Crippen LogP contribution in [0.4, 0.5) is 34.9 Å². The van der Waals surface area contributed by atoms with Crippen molar-refractivity contribution in [1.82, 2.24) is 24.9 Å². The minimum absolute atomic E-state index is 0.0143. The van der Waals surface area contributed by atoms with Crippen molar-refractivity contribution in [3.05, 3.63) is 130 Å². The average molecular weight is 1140 g/mol. The summed E-state index contributed by atoms with van der Waals surface area (Å²) >= 11 is 5.89. The summed E-state index contributed by atoms with van der Waals surface area (Å²) in [6.07, 6.45) is 0. The molecule has 0 spiro atoms. The van der Waals surface area contributed by atoms with E-state index in [0.717, 1.165) is 42.5 Å². The van der Waals surface area contributed by atoms with E-state index in [1.807, 2.05) is 0 Å². The Morgan fingerprint density at radius 2 is 1.19 bits per heavy atom. The van der Waals surface area contributed by atoms with Crippen LogP contribution in [0.25, 0.3) is 21.5 Å². The van der Waals surface area contributed by atoms with Gasteiger partial charge < -0.3 is 26.8 Å². The first-order chi connectivity index (χ1) is 35.2. The molecule has 6 bridgehead atoms. The normalized spacial score (nSPS) is 14.2. The number of hydrogen-bond acceptors (Lipinski definition) is 21. The van der Waals surface area contributed by atoms with E-state index in [0.29, 0.717) is 0 Å². The van der Waals surface area contributed by atoms with Crippen molar-refractivity contribution in [3.8, 4) is 0 Å². The molecule has 5 aromatic carbocycles. The van der Waals surface area contributed by atoms with Crippen LogP contribution in [0.5, 0.6) is 0 Å². The van der Waals surface area contributed by atoms with Gasteiger partial charge in [-0.3, -0.25) is 27.9 Å². The fraction of sp³-hybridized carbons (Fsp3) is 0.0244. The number of nitrogens with one attached hydrogen (secondary N) is 4. The van der Waals surface area contributed by atoms with E-state index in [2.05, 4.69) is 59.9 Å². The SMILES string of the molecule is NC1=Nc2[nH]c(c3cccc(S(=O)(=O)O)c23)N=C2N=C(N=c3[nH]c(c4cccc(S(=O)(=O)Nc5ccc(S(=O)(=O)O)c(Nc6nc(N)nc(Cl)n6)c5)c34)=NCc3c1cccc3S(=O)(=O)O)c1cccc(S(=O)(=O)O)c12. The number of H-pyrrole nitrogens is 2. The van der Waals surface area contributed by atoms with Crippen LogP contribution < -0.4 is 32.5 Å². The Hall–Kier alpha value is -8.12. The number of hydrogen-bond donors (Lipinski definition) is 10. The summed E-state index contributed by atoms with van der Waals surface area (Å²) in [5.74, 6) is -2.79. The second kappa shape index (κ2) is 17.8. The predicted octanol–water partition coefficient (Wildman–Crippen LogP) is 2.93. The van der Waals surface area contributed by atoms with Gasteiger partial charge in [-0.15, -0.1) is 0 Å². The van der Waals surface area contributed by atoms with E-state index in [1.54, 1.807) is 0 Å². The maximum Gasteiger partial charge on any atom is 0.296 e. The van der Waals surface area contributed by atoms with Gasteiger partial charge in [-0.05, 0) is 54.1 Å². The van der Waals surface area contributed by atoms with Crippen molar-refractivity contribution >= 4 is 136 Å². The number of aromatic amines is 2. The molecule has 75 heavy (non-hydrogen) atoms. The molecule has 0 radical (unpaired) electrons. The molecule has 0 amide bonds. The number of nitrogens with two attached hydrogens (primary N) is 2. The zero-order chi connectivity index (χ0) is 53.7. The van der Waals surface area contributed by atoms with Gasteiger partial charge in [-0.2, -0.15) is 48.6 Å². The molecule has 0 saturated carbocycles. The zero-order valence-corrected chi connectivity index (χ0v) is 41.7. The second-order valence-electron chi connectivity index (χ2n) is 15.9. The first kappa shape index (κ1) is 50.4. The Bertz CT molecular complexity index is 4680. The highest BCUT2D eigenvalue weighted by Crippen LogP contribution is 2.40. The molecule has 8 aromatic rings. The minimum Gasteiger partial charge on any atom is -0.383 e. The van der Waals surface area contributed by atoms with Gasteiger partial charge in [-0.25, -0.2) is 28.4 Å². The fourth-order valence-corrected chi connectivity index (χ4v) is 12.5. The molecule has 0 atom stereocenters. The number of fused-ring (bicyclic) bond motifs is 15. The molecule has 3 aromatic heterocycles. The van der Waals surface area contributed by atoms with Gasteiger partial charge in [0.25, 0.3) is 50.5 Å². The predicted molar refractivity (Wildman–Crippen MR) is 268 cm³/mol. The molecular weight excluding hydrogens is 1110 g/mol. The van der Waals surface area contributed by atoms with Crippen LogP contribution in [-0.4, -0.2) is 103 Å². The molecule has 0 aliphatic carbocycles. The molecule has 10 rings (SSSR count). The quantitative estimate of drug-likeness (QED) is 0.0929. The minimum atomic E-state index is -5.09. The Morgan fingerprint density at radius 1 is 0.560 bits per heavy atom. The maximum absolute atomic E-state index is 14.7. The first-order valence-corrected chi connectivity index (χ1v) is 28.2. The third-order valence-corrected chi connectivity index (χ3v) is 16.4. The molecular formula is C41H29ClN14O14S5. The highest BCUT2D eigenvalue weighted by atomic mass is 35.5. The van der Waals surface area contributed by atoms with Crippen LogP contribution in [0.15, 0.2) is 140 Å². The summed E-state index contributed by atoms with van der Waals surface area (Å²) in [4.78, 5) is 36.2. The molecule has 2 aliphatic rings. The fourth-order valence-electron chi connectivity index (χ4n) is 8.22. The third kappa shape index (κ3) is 9.43. The number of amidine groups is 3. The highest BCUT2D eigenvalue weighted by molar-refractivity contribution is 7.93. The summed E-state index contributed by atoms with van der Waals surface area (Å²) in [7, 11) is -25.1. The summed E-state index contributed by atoms with van der Waals surface area (Å²) in [6.45, 7) is -0.679. The van der Waals surface area contributed by atoms with Gasteiger partial charge >= 0.3 is 0 Å². The van der Waals surface area contributed by atoms with Gasteiger partial charge in [0.15, 0.2) is 11.7 Å². The van der Waals surface area contributed by atoms with Crippen LogP contribution in [0, 0.1) is 0 Å². The van der Waals surface area contributed by atoms with Gasteiger partial charge in [0.1, 0.15) is 43.1 Å². The lowest BCUT2D eigenvalue weighted by Gasteiger charge is -2.13. The summed E-state index contributed by atoms with van der Waals surface area (Å²) in [6, 6.07) is 17.4. The lowest BCUT2D eigenvalue weighted by Crippen LogP contribution is -2.19. The van der Waals surface area contributed by atoms with E-state index in [4.69, 9.17) is 23.1 Å². The average Bonchev–Trinajstić information content (AvgIpc) is 3.98. The number of sulfonamides is 1. The molecule has 0 unspecified atom stereocenters. The van der Waals surface area contributed by atoms with E-state index in [1.165, 1.54) is 48.5 Å². The van der Waals surface area contributed by atoms with Crippen molar-refractivity contribution in [2.45, 2.75) is 31.0 Å². The first-order valence-electron chi connectivity index (χ1n) is 20.6. The van der Waals surface area contributed by atoms with Crippen LogP contribution in [-0.2, 0) is 57.0 Å². The Morgan fingerprint density at radius 3 is 1.87 bits per heavy atom. The number of nitrogens with zero attached hydrogens (tertiary/aromatic N) is 8. The Labute approximate surface area is 425 Å². The van der Waals surface area contributed by atoms with Crippen molar-refractivity contribution in [3.63, 3.8) is 0 Å². The molecule has 28 nitrogen and oxygen atoms in total. The Kier molecular flexibility index (Phi) is 12.0. The van der Waals surface area contributed by atoms with Gasteiger partial charge in [0.05, 0.1) is 33.3 Å². The van der Waals surface area contributed by atoms with Gasteiger partial charge in [0.2, 0.25) is 17.2 Å². The van der Waals surface area contributed by atoms with E-state index in [9.17, 15) is 60.3 Å². The van der Waals surface area contributed by atoms with E-state index >= 15 is 0 Å². The molecule has 0 fully saturated rings. The lowest BCUT2D eigenvalue weighted by molar-refractivity contribution is 0.480. The number of aromatic nitrogens is 5.